The van der Waals surface area contributed by atoms with Crippen LogP contribution in [0.25, 0.3) is 0 Å². The van der Waals surface area contributed by atoms with Crippen LogP contribution in [0.1, 0.15) is 48.2 Å². The third-order valence-corrected chi connectivity index (χ3v) is 6.90. The van der Waals surface area contributed by atoms with E-state index in [9.17, 15) is 14.7 Å². The van der Waals surface area contributed by atoms with Crippen molar-refractivity contribution in [1.29, 1.82) is 0 Å². The van der Waals surface area contributed by atoms with Crippen molar-refractivity contribution < 1.29 is 19.4 Å². The van der Waals surface area contributed by atoms with Crippen LogP contribution in [0.15, 0.2) is 65.5 Å². The van der Waals surface area contributed by atoms with Gasteiger partial charge in [-0.1, -0.05) is 42.5 Å². The molecule has 1 aliphatic rings. The summed E-state index contributed by atoms with van der Waals surface area (Å²) in [6.07, 6.45) is 1.26. The number of pyridine rings is 1. The molecular weight excluding hydrogens is 456 g/mol. The third-order valence-electron chi connectivity index (χ3n) is 6.90. The van der Waals surface area contributed by atoms with Crippen molar-refractivity contribution in [2.24, 2.45) is 5.92 Å². The summed E-state index contributed by atoms with van der Waals surface area (Å²) in [5, 5.41) is 11.1. The molecule has 1 aromatic heterocycles. The monoisotopic (exact) mass is 490 g/mol. The third kappa shape index (κ3) is 5.46. The van der Waals surface area contributed by atoms with E-state index >= 15 is 0 Å². The van der Waals surface area contributed by atoms with Gasteiger partial charge in [0, 0.05) is 5.69 Å². The number of aryl methyl sites for hydroxylation is 1. The van der Waals surface area contributed by atoms with E-state index < -0.39 is 6.04 Å². The van der Waals surface area contributed by atoms with Gasteiger partial charge in [0.2, 0.25) is 0 Å². The number of esters is 1. The van der Waals surface area contributed by atoms with Crippen LogP contribution >= 0.6 is 0 Å². The molecule has 0 aliphatic carbocycles. The highest BCUT2D eigenvalue weighted by Gasteiger charge is 2.34. The highest BCUT2D eigenvalue weighted by Crippen LogP contribution is 2.36. The zero-order valence-electron chi connectivity index (χ0n) is 21.1. The van der Waals surface area contributed by atoms with Crippen LogP contribution < -0.4 is 10.3 Å². The second-order valence-corrected chi connectivity index (χ2v) is 9.20. The molecule has 1 unspecified atom stereocenters. The Hall–Kier alpha value is -3.58. The van der Waals surface area contributed by atoms with Crippen LogP contribution in [-0.4, -0.2) is 47.3 Å². The summed E-state index contributed by atoms with van der Waals surface area (Å²) in [5.74, 6) is 0.323. The van der Waals surface area contributed by atoms with Crippen molar-refractivity contribution in [2.75, 3.05) is 26.8 Å². The molecule has 0 spiro atoms. The molecule has 36 heavy (non-hydrogen) atoms. The average Bonchev–Trinajstić information content (AvgIpc) is 2.90. The number of nitrogens with zero attached hydrogens (tertiary/aromatic N) is 2. The van der Waals surface area contributed by atoms with Gasteiger partial charge in [-0.15, -0.1) is 0 Å². The largest absolute Gasteiger partial charge is 0.507 e. The Morgan fingerprint density at radius 3 is 2.47 bits per heavy atom. The predicted octanol–water partition coefficient (Wildman–Crippen LogP) is 4.28. The van der Waals surface area contributed by atoms with Gasteiger partial charge < -0.3 is 19.1 Å². The standard InChI is InChI=1S/C29H34N2O5/c1-4-36-29(34)22-13-15-30(16-14-22)27(23-11-8-12-24(18-23)35-3)26-25(32)17-20(2)31(28(26)33)19-21-9-6-5-7-10-21/h5-12,17-18,22,27,32H,4,13-16,19H2,1-3H3. The van der Waals surface area contributed by atoms with Gasteiger partial charge in [0.25, 0.3) is 5.56 Å². The van der Waals surface area contributed by atoms with Crippen molar-refractivity contribution >= 4 is 5.97 Å². The van der Waals surface area contributed by atoms with Gasteiger partial charge in [-0.2, -0.15) is 0 Å². The fourth-order valence-corrected chi connectivity index (χ4v) is 5.01. The van der Waals surface area contributed by atoms with E-state index in [0.29, 0.717) is 56.1 Å². The number of likely N-dealkylation sites (tertiary alicyclic amines) is 1. The molecule has 2 heterocycles. The second-order valence-electron chi connectivity index (χ2n) is 9.20. The maximum absolute atomic E-state index is 14.0. The number of aromatic hydroxyl groups is 1. The van der Waals surface area contributed by atoms with E-state index in [1.165, 1.54) is 0 Å². The molecule has 0 amide bonds. The second kappa shape index (κ2) is 11.4. The average molecular weight is 491 g/mol. The van der Waals surface area contributed by atoms with Crippen molar-refractivity contribution in [3.05, 3.63) is 93.4 Å². The van der Waals surface area contributed by atoms with Gasteiger partial charge in [0.05, 0.1) is 37.8 Å². The number of carbonyl (C=O) groups is 1. The summed E-state index contributed by atoms with van der Waals surface area (Å²) >= 11 is 0. The molecule has 7 nitrogen and oxygen atoms in total. The first-order chi connectivity index (χ1) is 17.4. The van der Waals surface area contributed by atoms with Crippen LogP contribution in [0, 0.1) is 12.8 Å². The molecule has 0 radical (unpaired) electrons. The fraction of sp³-hybridized carbons (Fsp3) is 0.379. The molecule has 0 bridgehead atoms. The van der Waals surface area contributed by atoms with Crippen LogP contribution in [-0.2, 0) is 16.1 Å². The summed E-state index contributed by atoms with van der Waals surface area (Å²) in [6.45, 7) is 5.61. The Morgan fingerprint density at radius 2 is 1.81 bits per heavy atom. The van der Waals surface area contributed by atoms with Gasteiger partial charge in [-0.3, -0.25) is 14.5 Å². The molecule has 190 valence electrons. The molecule has 0 saturated carbocycles. The van der Waals surface area contributed by atoms with Gasteiger partial charge in [0.15, 0.2) is 0 Å². The number of rotatable bonds is 8. The van der Waals surface area contributed by atoms with Crippen molar-refractivity contribution in [3.8, 4) is 11.5 Å². The van der Waals surface area contributed by atoms with E-state index in [4.69, 9.17) is 9.47 Å². The van der Waals surface area contributed by atoms with Crippen LogP contribution in [0.5, 0.6) is 11.5 Å². The SMILES string of the molecule is CCOC(=O)C1CCN(C(c2cccc(OC)c2)c2c(O)cc(C)n(Cc3ccccc3)c2=O)CC1. The fourth-order valence-electron chi connectivity index (χ4n) is 5.01. The summed E-state index contributed by atoms with van der Waals surface area (Å²) in [6, 6.07) is 18.6. The smallest absolute Gasteiger partial charge is 0.309 e. The molecule has 1 aliphatic heterocycles. The predicted molar refractivity (Wildman–Crippen MR) is 138 cm³/mol. The maximum atomic E-state index is 14.0. The lowest BCUT2D eigenvalue weighted by molar-refractivity contribution is -0.149. The van der Waals surface area contributed by atoms with Gasteiger partial charge >= 0.3 is 5.97 Å². The molecule has 1 fully saturated rings. The highest BCUT2D eigenvalue weighted by atomic mass is 16.5. The van der Waals surface area contributed by atoms with E-state index in [2.05, 4.69) is 4.90 Å². The molecular formula is C29H34N2O5. The Morgan fingerprint density at radius 1 is 1.08 bits per heavy atom. The van der Waals surface area contributed by atoms with Crippen molar-refractivity contribution in [3.63, 3.8) is 0 Å². The molecule has 2 aromatic carbocycles. The number of carbonyl (C=O) groups excluding carboxylic acids is 1. The number of piperidine rings is 1. The molecule has 4 rings (SSSR count). The zero-order valence-corrected chi connectivity index (χ0v) is 21.1. The van der Waals surface area contributed by atoms with E-state index in [-0.39, 0.29) is 23.2 Å². The van der Waals surface area contributed by atoms with E-state index in [1.54, 1.807) is 17.7 Å². The van der Waals surface area contributed by atoms with Crippen molar-refractivity contribution in [1.82, 2.24) is 9.47 Å². The normalized spacial score (nSPS) is 15.4. The minimum absolute atomic E-state index is 0.0258. The number of ether oxygens (including phenoxy) is 2. The Bertz CT molecular complexity index is 1250. The van der Waals surface area contributed by atoms with E-state index in [0.717, 1.165) is 11.1 Å². The van der Waals surface area contributed by atoms with Crippen LogP contribution in [0.3, 0.4) is 0 Å². The first kappa shape index (κ1) is 25.5. The Labute approximate surface area is 211 Å². The Balaban J connectivity index is 1.76. The quantitative estimate of drug-likeness (QED) is 0.475. The van der Waals surface area contributed by atoms with Gasteiger partial charge in [0.1, 0.15) is 11.5 Å². The first-order valence-electron chi connectivity index (χ1n) is 12.4. The van der Waals surface area contributed by atoms with Gasteiger partial charge in [-0.25, -0.2) is 0 Å². The topological polar surface area (TPSA) is 81.0 Å². The molecule has 1 atom stereocenters. The summed E-state index contributed by atoms with van der Waals surface area (Å²) in [4.78, 5) is 28.4. The number of aromatic nitrogens is 1. The van der Waals surface area contributed by atoms with E-state index in [1.807, 2.05) is 68.4 Å². The highest BCUT2D eigenvalue weighted by molar-refractivity contribution is 5.72. The van der Waals surface area contributed by atoms with Crippen LogP contribution in [0.4, 0.5) is 0 Å². The summed E-state index contributed by atoms with van der Waals surface area (Å²) in [7, 11) is 1.61. The van der Waals surface area contributed by atoms with Crippen LogP contribution in [0.2, 0.25) is 0 Å². The number of benzene rings is 2. The molecule has 3 aromatic rings. The maximum Gasteiger partial charge on any atom is 0.309 e. The minimum Gasteiger partial charge on any atom is -0.507 e. The summed E-state index contributed by atoms with van der Waals surface area (Å²) < 4.78 is 12.4. The molecule has 1 N–H and O–H groups in total. The molecule has 1 saturated heterocycles. The number of hydrogen-bond donors (Lipinski definition) is 1. The van der Waals surface area contributed by atoms with Crippen molar-refractivity contribution in [2.45, 2.75) is 39.3 Å². The van der Waals surface area contributed by atoms with Gasteiger partial charge in [-0.05, 0) is 69.1 Å². The Kier molecular flexibility index (Phi) is 8.10. The number of hydrogen-bond acceptors (Lipinski definition) is 6. The minimum atomic E-state index is -0.488. The lowest BCUT2D eigenvalue weighted by atomic mass is 9.91. The zero-order chi connectivity index (χ0) is 25.7. The molecule has 7 heteroatoms. The summed E-state index contributed by atoms with van der Waals surface area (Å²) in [5.41, 5.74) is 2.66. The first-order valence-corrected chi connectivity index (χ1v) is 12.4. The lowest BCUT2D eigenvalue weighted by Crippen LogP contribution is -2.42. The number of methoxy groups -OCH3 is 1. The lowest BCUT2D eigenvalue weighted by Gasteiger charge is -2.37.